The lowest BCUT2D eigenvalue weighted by atomic mass is 9.80. The van der Waals surface area contributed by atoms with Crippen molar-refractivity contribution in [2.45, 2.75) is 43.7 Å². The highest BCUT2D eigenvalue weighted by Gasteiger charge is 2.37. The van der Waals surface area contributed by atoms with Crippen molar-refractivity contribution in [1.82, 2.24) is 10.6 Å². The van der Waals surface area contributed by atoms with Crippen LogP contribution in [0.2, 0.25) is 0 Å². The summed E-state index contributed by atoms with van der Waals surface area (Å²) in [5.41, 5.74) is -0.331. The molecule has 0 spiro atoms. The van der Waals surface area contributed by atoms with E-state index in [4.69, 9.17) is 9.84 Å². The Morgan fingerprint density at radius 3 is 2.38 bits per heavy atom. The smallest absolute Gasteiger partial charge is 0.326 e. The van der Waals surface area contributed by atoms with Crippen molar-refractivity contribution in [2.75, 3.05) is 20.8 Å². The van der Waals surface area contributed by atoms with Gasteiger partial charge in [0.15, 0.2) is 0 Å². The number of carbonyl (C=O) groups excluding carboxylic acids is 2. The molecule has 21 heavy (non-hydrogen) atoms. The first-order valence-electron chi connectivity index (χ1n) is 6.81. The van der Waals surface area contributed by atoms with E-state index in [1.807, 2.05) is 0 Å². The molecule has 120 valence electrons. The molecule has 1 rings (SSSR count). The van der Waals surface area contributed by atoms with Gasteiger partial charge in [0.25, 0.3) is 0 Å². The molecule has 1 atom stereocenters. The molecule has 0 radical (unpaired) electrons. The third kappa shape index (κ3) is 5.22. The highest BCUT2D eigenvalue weighted by molar-refractivity contribution is 5.83. The van der Waals surface area contributed by atoms with E-state index in [0.717, 1.165) is 19.3 Å². The molecule has 0 unspecified atom stereocenters. The molecule has 3 N–H and O–H groups in total. The van der Waals surface area contributed by atoms with Crippen LogP contribution >= 0.6 is 0 Å². The Bertz CT molecular complexity index is 389. The second-order valence-corrected chi connectivity index (χ2v) is 5.07. The lowest BCUT2D eigenvalue weighted by Crippen LogP contribution is -2.53. The number of aliphatic carboxylic acids is 1. The number of nitrogens with one attached hydrogen (secondary N) is 2. The van der Waals surface area contributed by atoms with E-state index >= 15 is 0 Å². The molecule has 1 fully saturated rings. The van der Waals surface area contributed by atoms with Crippen molar-refractivity contribution >= 4 is 18.0 Å². The van der Waals surface area contributed by atoms with Crippen molar-refractivity contribution in [3.8, 4) is 0 Å². The Morgan fingerprint density at radius 2 is 1.95 bits per heavy atom. The maximum Gasteiger partial charge on any atom is 0.326 e. The summed E-state index contributed by atoms with van der Waals surface area (Å²) in [4.78, 5) is 33.8. The first kappa shape index (κ1) is 17.2. The van der Waals surface area contributed by atoms with Crippen LogP contribution in [-0.2, 0) is 19.1 Å². The number of carbonyl (C=O) groups is 3. The summed E-state index contributed by atoms with van der Waals surface area (Å²) in [6, 6.07) is -1.72. The van der Waals surface area contributed by atoms with Crippen LogP contribution < -0.4 is 10.6 Å². The number of urea groups is 1. The van der Waals surface area contributed by atoms with Crippen molar-refractivity contribution in [1.29, 1.82) is 0 Å². The zero-order chi connectivity index (χ0) is 15.9. The summed E-state index contributed by atoms with van der Waals surface area (Å²) in [6.07, 6.45) is 2.69. The molecule has 1 saturated carbocycles. The second-order valence-electron chi connectivity index (χ2n) is 5.07. The minimum Gasteiger partial charge on any atom is -0.480 e. The molecule has 8 nitrogen and oxygen atoms in total. The molecule has 0 aromatic carbocycles. The van der Waals surface area contributed by atoms with E-state index in [0.29, 0.717) is 6.54 Å². The van der Waals surface area contributed by atoms with Gasteiger partial charge in [-0.25, -0.2) is 9.59 Å². The first-order chi connectivity index (χ1) is 9.92. The van der Waals surface area contributed by atoms with Crippen molar-refractivity contribution < 1.29 is 29.0 Å². The molecular formula is C13H22N2O6. The highest BCUT2D eigenvalue weighted by Crippen LogP contribution is 2.34. The number of carboxylic acids is 1. The summed E-state index contributed by atoms with van der Waals surface area (Å²) < 4.78 is 9.79. The van der Waals surface area contributed by atoms with Crippen molar-refractivity contribution in [3.05, 3.63) is 0 Å². The minimum absolute atomic E-state index is 0.0230. The van der Waals surface area contributed by atoms with Crippen LogP contribution in [0.15, 0.2) is 0 Å². The van der Waals surface area contributed by atoms with Crippen molar-refractivity contribution in [2.24, 2.45) is 0 Å². The van der Waals surface area contributed by atoms with Crippen LogP contribution in [0.1, 0.15) is 32.1 Å². The number of amides is 2. The van der Waals surface area contributed by atoms with Gasteiger partial charge in [-0.3, -0.25) is 4.79 Å². The van der Waals surface area contributed by atoms with Crippen LogP contribution in [0.3, 0.4) is 0 Å². The normalized spacial score (nSPS) is 17.2. The molecule has 1 aliphatic carbocycles. The first-order valence-corrected chi connectivity index (χ1v) is 6.81. The van der Waals surface area contributed by atoms with E-state index in [1.165, 1.54) is 7.11 Å². The number of methoxy groups -OCH3 is 2. The molecule has 0 aromatic heterocycles. The molecule has 0 heterocycles. The summed E-state index contributed by atoms with van der Waals surface area (Å²) >= 11 is 0. The van der Waals surface area contributed by atoms with Gasteiger partial charge in [-0.1, -0.05) is 0 Å². The quantitative estimate of drug-likeness (QED) is 0.554. The van der Waals surface area contributed by atoms with E-state index in [1.54, 1.807) is 7.11 Å². The topological polar surface area (TPSA) is 114 Å². The average molecular weight is 302 g/mol. The minimum atomic E-state index is -1.20. The Balaban J connectivity index is 2.38. The largest absolute Gasteiger partial charge is 0.480 e. The Kier molecular flexibility index (Phi) is 6.41. The molecule has 0 bridgehead atoms. The fourth-order valence-corrected chi connectivity index (χ4v) is 2.10. The standard InChI is InChI=1S/C13H22N2O6/c1-20-10(16)5-4-9(11(17)18)15-12(19)14-8-13(21-2)6-3-7-13/h9H,3-8H2,1-2H3,(H,17,18)(H2,14,15,19)/t9-/m0/s1. The summed E-state index contributed by atoms with van der Waals surface area (Å²) in [6.45, 7) is 0.332. The van der Waals surface area contributed by atoms with Gasteiger partial charge in [-0.2, -0.15) is 0 Å². The van der Waals surface area contributed by atoms with E-state index in [-0.39, 0.29) is 18.4 Å². The Labute approximate surface area is 123 Å². The monoisotopic (exact) mass is 302 g/mol. The Hall–Kier alpha value is -1.83. The van der Waals surface area contributed by atoms with Gasteiger partial charge >= 0.3 is 18.0 Å². The van der Waals surface area contributed by atoms with Crippen LogP contribution in [0.4, 0.5) is 4.79 Å². The molecule has 2 amide bonds. The highest BCUT2D eigenvalue weighted by atomic mass is 16.5. The fraction of sp³-hybridized carbons (Fsp3) is 0.769. The second kappa shape index (κ2) is 7.82. The van der Waals surface area contributed by atoms with Crippen LogP contribution in [0, 0.1) is 0 Å². The average Bonchev–Trinajstić information content (AvgIpc) is 2.41. The van der Waals surface area contributed by atoms with Gasteiger partial charge in [0.2, 0.25) is 0 Å². The summed E-state index contributed by atoms with van der Waals surface area (Å²) in [7, 11) is 2.82. The zero-order valence-electron chi connectivity index (χ0n) is 12.3. The maximum absolute atomic E-state index is 11.7. The molecule has 0 aliphatic heterocycles. The van der Waals surface area contributed by atoms with Gasteiger partial charge < -0.3 is 25.2 Å². The molecular weight excluding hydrogens is 280 g/mol. The van der Waals surface area contributed by atoms with Crippen molar-refractivity contribution in [3.63, 3.8) is 0 Å². The third-order valence-electron chi connectivity index (χ3n) is 3.74. The number of esters is 1. The number of rotatable bonds is 8. The van der Waals surface area contributed by atoms with Gasteiger partial charge in [0.05, 0.1) is 12.7 Å². The van der Waals surface area contributed by atoms with Crippen LogP contribution in [-0.4, -0.2) is 55.5 Å². The number of hydrogen-bond acceptors (Lipinski definition) is 5. The van der Waals surface area contributed by atoms with E-state index in [2.05, 4.69) is 15.4 Å². The number of ether oxygens (including phenoxy) is 2. The Morgan fingerprint density at radius 1 is 1.29 bits per heavy atom. The van der Waals surface area contributed by atoms with Gasteiger partial charge in [0, 0.05) is 20.1 Å². The predicted octanol–water partition coefficient (Wildman–Crippen LogP) is 0.261. The lowest BCUT2D eigenvalue weighted by molar-refractivity contribution is -0.142. The maximum atomic E-state index is 11.7. The lowest BCUT2D eigenvalue weighted by Gasteiger charge is -2.40. The predicted molar refractivity (Wildman–Crippen MR) is 72.8 cm³/mol. The fourth-order valence-electron chi connectivity index (χ4n) is 2.10. The van der Waals surface area contributed by atoms with E-state index < -0.39 is 24.0 Å². The molecule has 1 aliphatic rings. The number of carboxylic acid groups (broad SMARTS) is 1. The van der Waals surface area contributed by atoms with Gasteiger partial charge in [-0.05, 0) is 25.7 Å². The summed E-state index contributed by atoms with van der Waals surface area (Å²) in [5, 5.41) is 14.0. The van der Waals surface area contributed by atoms with Crippen LogP contribution in [0.5, 0.6) is 0 Å². The molecule has 0 aromatic rings. The zero-order valence-corrected chi connectivity index (χ0v) is 12.3. The van der Waals surface area contributed by atoms with E-state index in [9.17, 15) is 14.4 Å². The van der Waals surface area contributed by atoms with Gasteiger partial charge in [0.1, 0.15) is 6.04 Å². The molecule has 0 saturated heterocycles. The number of hydrogen-bond donors (Lipinski definition) is 3. The SMILES string of the molecule is COC(=O)CC[C@H](NC(=O)NCC1(OC)CCC1)C(=O)O. The third-order valence-corrected chi connectivity index (χ3v) is 3.74. The van der Waals surface area contributed by atoms with Gasteiger partial charge in [-0.15, -0.1) is 0 Å². The molecule has 8 heteroatoms. The van der Waals surface area contributed by atoms with Crippen LogP contribution in [0.25, 0.3) is 0 Å². The summed E-state index contributed by atoms with van der Waals surface area (Å²) in [5.74, 6) is -1.71.